The van der Waals surface area contributed by atoms with Gasteiger partial charge in [-0.15, -0.1) is 0 Å². The Kier molecular flexibility index (Phi) is 5.58. The standard InChI is InChI=1S/C18H23F3N6O3S/c1-24-12-14(11-22-24)31(29,30)26-8-6-25(7-9-26)17(28)4-5-27-15(13-2-3-13)10-16(23-27)18(19,20)21/h10-13H,2-9H2,1H3. The summed E-state index contributed by atoms with van der Waals surface area (Å²) in [5, 5.41) is 7.55. The van der Waals surface area contributed by atoms with Gasteiger partial charge < -0.3 is 4.90 Å². The first kappa shape index (κ1) is 21.8. The molecule has 2 fully saturated rings. The predicted molar refractivity (Wildman–Crippen MR) is 102 cm³/mol. The predicted octanol–water partition coefficient (Wildman–Crippen LogP) is 1.44. The molecule has 0 aromatic carbocycles. The molecular weight excluding hydrogens is 437 g/mol. The molecule has 0 N–H and O–H groups in total. The van der Waals surface area contributed by atoms with Crippen LogP contribution in [0.5, 0.6) is 0 Å². The number of halogens is 3. The molecule has 3 heterocycles. The third-order valence-electron chi connectivity index (χ3n) is 5.54. The summed E-state index contributed by atoms with van der Waals surface area (Å²) < 4.78 is 68.3. The van der Waals surface area contributed by atoms with E-state index in [4.69, 9.17) is 0 Å². The molecule has 31 heavy (non-hydrogen) atoms. The minimum Gasteiger partial charge on any atom is -0.340 e. The average Bonchev–Trinajstić information content (AvgIpc) is 3.30. The van der Waals surface area contributed by atoms with Crippen molar-refractivity contribution in [2.75, 3.05) is 26.2 Å². The third kappa shape index (κ3) is 4.61. The second kappa shape index (κ2) is 7.93. The number of hydrogen-bond acceptors (Lipinski definition) is 5. The van der Waals surface area contributed by atoms with E-state index in [1.807, 2.05) is 0 Å². The molecule has 0 unspecified atom stereocenters. The minimum atomic E-state index is -4.52. The Morgan fingerprint density at radius 3 is 2.42 bits per heavy atom. The highest BCUT2D eigenvalue weighted by atomic mass is 32.2. The average molecular weight is 460 g/mol. The summed E-state index contributed by atoms with van der Waals surface area (Å²) in [6.07, 6.45) is -0.162. The normalized spacial score (nSPS) is 18.5. The van der Waals surface area contributed by atoms with Crippen LogP contribution in [0, 0.1) is 0 Å². The van der Waals surface area contributed by atoms with Crippen LogP contribution in [0.1, 0.15) is 36.6 Å². The van der Waals surface area contributed by atoms with E-state index in [-0.39, 0.29) is 55.9 Å². The highest BCUT2D eigenvalue weighted by molar-refractivity contribution is 7.89. The summed E-state index contributed by atoms with van der Waals surface area (Å²) in [5.41, 5.74) is -0.413. The Bertz CT molecular complexity index is 1070. The molecule has 13 heteroatoms. The first-order valence-electron chi connectivity index (χ1n) is 9.97. The maximum absolute atomic E-state index is 13.0. The molecule has 1 amide bonds. The molecule has 2 aromatic rings. The van der Waals surface area contributed by atoms with Gasteiger partial charge in [-0.1, -0.05) is 0 Å². The van der Waals surface area contributed by atoms with Gasteiger partial charge in [-0.2, -0.15) is 27.7 Å². The van der Waals surface area contributed by atoms with Crippen molar-refractivity contribution >= 4 is 15.9 Å². The van der Waals surface area contributed by atoms with Gasteiger partial charge in [0.1, 0.15) is 4.90 Å². The van der Waals surface area contributed by atoms with Gasteiger partial charge in [-0.3, -0.25) is 14.2 Å². The molecule has 4 rings (SSSR count). The van der Waals surface area contributed by atoms with Crippen LogP contribution in [0.25, 0.3) is 0 Å². The van der Waals surface area contributed by atoms with Crippen LogP contribution in [-0.2, 0) is 34.6 Å². The number of carbonyl (C=O) groups excluding carboxylic acids is 1. The molecule has 1 aliphatic carbocycles. The zero-order chi connectivity index (χ0) is 22.4. The zero-order valence-electron chi connectivity index (χ0n) is 16.9. The van der Waals surface area contributed by atoms with Gasteiger partial charge in [-0.25, -0.2) is 8.42 Å². The number of amides is 1. The Morgan fingerprint density at radius 2 is 1.87 bits per heavy atom. The van der Waals surface area contributed by atoms with E-state index in [2.05, 4.69) is 10.2 Å². The summed E-state index contributed by atoms with van der Waals surface area (Å²) in [6.45, 7) is 0.808. The number of rotatable bonds is 6. The Hall–Kier alpha value is -2.41. The molecular formula is C18H23F3N6O3S. The highest BCUT2D eigenvalue weighted by Gasteiger charge is 2.38. The lowest BCUT2D eigenvalue weighted by molar-refractivity contribution is -0.141. The first-order valence-corrected chi connectivity index (χ1v) is 11.4. The van der Waals surface area contributed by atoms with Gasteiger partial charge in [0.05, 0.1) is 6.20 Å². The first-order chi connectivity index (χ1) is 14.6. The van der Waals surface area contributed by atoms with Crippen LogP contribution in [0.3, 0.4) is 0 Å². The fourth-order valence-electron chi connectivity index (χ4n) is 3.68. The molecule has 0 bridgehead atoms. The van der Waals surface area contributed by atoms with Crippen molar-refractivity contribution in [1.82, 2.24) is 28.8 Å². The highest BCUT2D eigenvalue weighted by Crippen LogP contribution is 2.42. The topological polar surface area (TPSA) is 93.3 Å². The molecule has 1 saturated carbocycles. The van der Waals surface area contributed by atoms with Crippen molar-refractivity contribution in [3.63, 3.8) is 0 Å². The molecule has 1 aliphatic heterocycles. The van der Waals surface area contributed by atoms with Gasteiger partial charge in [-0.05, 0) is 18.9 Å². The Morgan fingerprint density at radius 1 is 1.19 bits per heavy atom. The van der Waals surface area contributed by atoms with E-state index in [0.717, 1.165) is 18.9 Å². The number of aryl methyl sites for hydroxylation is 2. The van der Waals surface area contributed by atoms with E-state index >= 15 is 0 Å². The van der Waals surface area contributed by atoms with Gasteiger partial charge >= 0.3 is 6.18 Å². The number of sulfonamides is 1. The number of piperazine rings is 1. The van der Waals surface area contributed by atoms with E-state index in [1.54, 1.807) is 11.9 Å². The molecule has 2 aliphatic rings. The summed E-state index contributed by atoms with van der Waals surface area (Å²) in [5.74, 6) is -0.163. The molecule has 9 nitrogen and oxygen atoms in total. The smallest absolute Gasteiger partial charge is 0.340 e. The maximum atomic E-state index is 13.0. The zero-order valence-corrected chi connectivity index (χ0v) is 17.7. The van der Waals surface area contributed by atoms with Crippen LogP contribution in [-0.4, -0.2) is 69.3 Å². The minimum absolute atomic E-state index is 0.00799. The van der Waals surface area contributed by atoms with Crippen molar-refractivity contribution in [2.45, 2.75) is 42.8 Å². The van der Waals surface area contributed by atoms with Crippen LogP contribution in [0.15, 0.2) is 23.4 Å². The lowest BCUT2D eigenvalue weighted by Gasteiger charge is -2.33. The van der Waals surface area contributed by atoms with Gasteiger partial charge in [0.25, 0.3) is 0 Å². The summed E-state index contributed by atoms with van der Waals surface area (Å²) in [7, 11) is -2.05. The largest absolute Gasteiger partial charge is 0.435 e. The van der Waals surface area contributed by atoms with E-state index in [9.17, 15) is 26.4 Å². The quantitative estimate of drug-likeness (QED) is 0.650. The van der Waals surface area contributed by atoms with Crippen molar-refractivity contribution in [3.05, 3.63) is 29.8 Å². The fourth-order valence-corrected chi connectivity index (χ4v) is 5.08. The van der Waals surface area contributed by atoms with Crippen LogP contribution >= 0.6 is 0 Å². The number of carbonyl (C=O) groups is 1. The van der Waals surface area contributed by atoms with Crippen LogP contribution < -0.4 is 0 Å². The number of nitrogens with zero attached hydrogens (tertiary/aromatic N) is 6. The van der Waals surface area contributed by atoms with Crippen LogP contribution in [0.2, 0.25) is 0 Å². The lowest BCUT2D eigenvalue weighted by Crippen LogP contribution is -2.50. The van der Waals surface area contributed by atoms with E-state index in [1.165, 1.54) is 26.1 Å². The van der Waals surface area contributed by atoms with E-state index in [0.29, 0.717) is 5.69 Å². The van der Waals surface area contributed by atoms with Crippen molar-refractivity contribution in [3.8, 4) is 0 Å². The van der Waals surface area contributed by atoms with E-state index < -0.39 is 21.9 Å². The van der Waals surface area contributed by atoms with Gasteiger partial charge in [0.2, 0.25) is 15.9 Å². The van der Waals surface area contributed by atoms with Crippen molar-refractivity contribution < 1.29 is 26.4 Å². The van der Waals surface area contributed by atoms with Crippen molar-refractivity contribution in [1.29, 1.82) is 0 Å². The number of hydrogen-bond donors (Lipinski definition) is 0. The monoisotopic (exact) mass is 460 g/mol. The second-order valence-electron chi connectivity index (χ2n) is 7.83. The molecule has 2 aromatic heterocycles. The summed E-state index contributed by atoms with van der Waals surface area (Å²) in [6, 6.07) is 1.07. The maximum Gasteiger partial charge on any atom is 0.435 e. The van der Waals surface area contributed by atoms with Gasteiger partial charge in [0.15, 0.2) is 5.69 Å². The molecule has 1 saturated heterocycles. The SMILES string of the molecule is Cn1cc(S(=O)(=O)N2CCN(C(=O)CCn3nc(C(F)(F)F)cc3C3CC3)CC2)cn1. The lowest BCUT2D eigenvalue weighted by atomic mass is 10.2. The third-order valence-corrected chi connectivity index (χ3v) is 7.40. The van der Waals surface area contributed by atoms with Gasteiger partial charge in [0, 0.05) is 64.0 Å². The van der Waals surface area contributed by atoms with Crippen molar-refractivity contribution in [2.24, 2.45) is 7.05 Å². The summed E-state index contributed by atoms with van der Waals surface area (Å²) in [4.78, 5) is 14.2. The second-order valence-corrected chi connectivity index (χ2v) is 9.77. The van der Waals surface area contributed by atoms with Crippen LogP contribution in [0.4, 0.5) is 13.2 Å². The Balaban J connectivity index is 1.34. The molecule has 0 radical (unpaired) electrons. The molecule has 0 spiro atoms. The Labute approximate surface area is 177 Å². The summed E-state index contributed by atoms with van der Waals surface area (Å²) >= 11 is 0. The molecule has 0 atom stereocenters. The fraction of sp³-hybridized carbons (Fsp3) is 0.611. The molecule has 170 valence electrons. The number of alkyl halides is 3. The number of aromatic nitrogens is 4.